The molecule has 1 N–H and O–H groups in total. The second-order valence-electron chi connectivity index (χ2n) is 5.12. The average Bonchev–Trinajstić information content (AvgIpc) is 2.79. The van der Waals surface area contributed by atoms with Crippen LogP contribution in [0.2, 0.25) is 0 Å². The minimum Gasteiger partial charge on any atom is -0.313 e. The molecule has 20 heavy (non-hydrogen) atoms. The van der Waals surface area contributed by atoms with Crippen LogP contribution < -0.4 is 5.32 Å². The van der Waals surface area contributed by atoms with Gasteiger partial charge in [-0.3, -0.25) is 4.68 Å². The molecule has 2 aromatic rings. The highest BCUT2D eigenvalue weighted by Crippen LogP contribution is 2.25. The summed E-state index contributed by atoms with van der Waals surface area (Å²) < 4.78 is 3.45. The fourth-order valence-electron chi connectivity index (χ4n) is 2.55. The monoisotopic (exact) mass is 383 g/mol. The van der Waals surface area contributed by atoms with E-state index in [0.717, 1.165) is 18.7 Å². The maximum absolute atomic E-state index is 4.54. The summed E-state index contributed by atoms with van der Waals surface area (Å²) in [6.45, 7) is 7.28. The first-order valence-corrected chi connectivity index (χ1v) is 8.10. The van der Waals surface area contributed by atoms with Crippen molar-refractivity contribution in [3.05, 3.63) is 50.4 Å². The van der Waals surface area contributed by atoms with Crippen LogP contribution in [0.1, 0.15) is 35.5 Å². The second kappa shape index (κ2) is 6.72. The lowest BCUT2D eigenvalue weighted by Crippen LogP contribution is -2.21. The van der Waals surface area contributed by atoms with Crippen molar-refractivity contribution in [2.24, 2.45) is 0 Å². The maximum atomic E-state index is 4.54. The van der Waals surface area contributed by atoms with Crippen LogP contribution in [0.3, 0.4) is 0 Å². The first kappa shape index (κ1) is 15.5. The SMILES string of the molecule is CCn1nc(C)cc1CC(NC)c1cccc(C)c1I. The number of nitrogens with zero attached hydrogens (tertiary/aromatic N) is 2. The van der Waals surface area contributed by atoms with E-state index in [9.17, 15) is 0 Å². The van der Waals surface area contributed by atoms with Crippen LogP contribution in [0.5, 0.6) is 0 Å². The van der Waals surface area contributed by atoms with E-state index in [-0.39, 0.29) is 0 Å². The molecule has 0 spiro atoms. The number of rotatable bonds is 5. The Morgan fingerprint density at radius 3 is 2.75 bits per heavy atom. The normalized spacial score (nSPS) is 12.7. The van der Waals surface area contributed by atoms with E-state index in [4.69, 9.17) is 0 Å². The van der Waals surface area contributed by atoms with Gasteiger partial charge in [0.25, 0.3) is 0 Å². The molecule has 0 aliphatic rings. The van der Waals surface area contributed by atoms with Crippen LogP contribution in [0.25, 0.3) is 0 Å². The summed E-state index contributed by atoms with van der Waals surface area (Å²) in [7, 11) is 2.03. The minimum atomic E-state index is 0.322. The minimum absolute atomic E-state index is 0.322. The summed E-state index contributed by atoms with van der Waals surface area (Å²) >= 11 is 2.45. The van der Waals surface area contributed by atoms with Gasteiger partial charge in [-0.25, -0.2) is 0 Å². The molecule has 0 amide bonds. The van der Waals surface area contributed by atoms with Crippen LogP contribution in [-0.2, 0) is 13.0 Å². The maximum Gasteiger partial charge on any atom is 0.0596 e. The van der Waals surface area contributed by atoms with Crippen molar-refractivity contribution >= 4 is 22.6 Å². The van der Waals surface area contributed by atoms with E-state index in [1.54, 1.807) is 0 Å². The fourth-order valence-corrected chi connectivity index (χ4v) is 3.29. The van der Waals surface area contributed by atoms with Gasteiger partial charge in [-0.1, -0.05) is 18.2 Å². The van der Waals surface area contributed by atoms with Crippen molar-refractivity contribution in [2.75, 3.05) is 7.05 Å². The van der Waals surface area contributed by atoms with Gasteiger partial charge in [0, 0.05) is 28.3 Å². The third-order valence-electron chi connectivity index (χ3n) is 3.64. The molecule has 1 heterocycles. The van der Waals surface area contributed by atoms with Crippen LogP contribution in [0, 0.1) is 17.4 Å². The van der Waals surface area contributed by atoms with E-state index >= 15 is 0 Å². The molecule has 0 bridgehead atoms. The summed E-state index contributed by atoms with van der Waals surface area (Å²) in [5.41, 5.74) is 5.09. The molecule has 1 atom stereocenters. The smallest absolute Gasteiger partial charge is 0.0596 e. The summed E-state index contributed by atoms with van der Waals surface area (Å²) in [4.78, 5) is 0. The Morgan fingerprint density at radius 1 is 1.35 bits per heavy atom. The molecule has 3 nitrogen and oxygen atoms in total. The first-order valence-electron chi connectivity index (χ1n) is 7.02. The lowest BCUT2D eigenvalue weighted by Gasteiger charge is -2.19. The Labute approximate surface area is 134 Å². The lowest BCUT2D eigenvalue weighted by atomic mass is 10.00. The number of hydrogen-bond acceptors (Lipinski definition) is 2. The lowest BCUT2D eigenvalue weighted by molar-refractivity contribution is 0.539. The van der Waals surface area contributed by atoms with E-state index in [1.807, 2.05) is 7.05 Å². The van der Waals surface area contributed by atoms with E-state index in [1.165, 1.54) is 20.4 Å². The third kappa shape index (κ3) is 3.23. The fraction of sp³-hybridized carbons (Fsp3) is 0.438. The zero-order valence-corrected chi connectivity index (χ0v) is 14.7. The van der Waals surface area contributed by atoms with Gasteiger partial charge in [-0.2, -0.15) is 5.10 Å². The van der Waals surface area contributed by atoms with Crippen LogP contribution in [0.4, 0.5) is 0 Å². The number of hydrogen-bond donors (Lipinski definition) is 1. The zero-order chi connectivity index (χ0) is 14.7. The van der Waals surface area contributed by atoms with Crippen molar-refractivity contribution < 1.29 is 0 Å². The van der Waals surface area contributed by atoms with Crippen LogP contribution >= 0.6 is 22.6 Å². The van der Waals surface area contributed by atoms with E-state index < -0.39 is 0 Å². The molecule has 0 aliphatic carbocycles. The second-order valence-corrected chi connectivity index (χ2v) is 6.20. The topological polar surface area (TPSA) is 29.9 Å². The predicted octanol–water partition coefficient (Wildman–Crippen LogP) is 3.63. The Bertz CT molecular complexity index is 589. The molecular formula is C16H22IN3. The predicted molar refractivity (Wildman–Crippen MR) is 92.0 cm³/mol. The van der Waals surface area contributed by atoms with Crippen molar-refractivity contribution in [1.82, 2.24) is 15.1 Å². The highest BCUT2D eigenvalue weighted by molar-refractivity contribution is 14.1. The summed E-state index contributed by atoms with van der Waals surface area (Å²) in [5, 5.41) is 7.99. The molecule has 0 saturated heterocycles. The Kier molecular flexibility index (Phi) is 5.21. The van der Waals surface area contributed by atoms with E-state index in [0.29, 0.717) is 6.04 Å². The average molecular weight is 383 g/mol. The molecule has 1 aromatic heterocycles. The van der Waals surface area contributed by atoms with Gasteiger partial charge in [-0.05, 0) is 67.6 Å². The molecule has 0 aliphatic heterocycles. The highest BCUT2D eigenvalue weighted by atomic mass is 127. The molecule has 1 aromatic carbocycles. The van der Waals surface area contributed by atoms with Gasteiger partial charge < -0.3 is 5.32 Å². The molecule has 0 fully saturated rings. The van der Waals surface area contributed by atoms with E-state index in [2.05, 4.69) is 82.7 Å². The highest BCUT2D eigenvalue weighted by Gasteiger charge is 2.16. The van der Waals surface area contributed by atoms with Gasteiger partial charge in [0.2, 0.25) is 0 Å². The van der Waals surface area contributed by atoms with Gasteiger partial charge in [-0.15, -0.1) is 0 Å². The van der Waals surface area contributed by atoms with Gasteiger partial charge >= 0.3 is 0 Å². The zero-order valence-electron chi connectivity index (χ0n) is 12.6. The van der Waals surface area contributed by atoms with Crippen molar-refractivity contribution in [3.8, 4) is 0 Å². The number of benzene rings is 1. The summed E-state index contributed by atoms with van der Waals surface area (Å²) in [5.74, 6) is 0. The van der Waals surface area contributed by atoms with Gasteiger partial charge in [0.05, 0.1) is 5.69 Å². The number of aryl methyl sites for hydroxylation is 3. The molecular weight excluding hydrogens is 361 g/mol. The van der Waals surface area contributed by atoms with Crippen LogP contribution in [-0.4, -0.2) is 16.8 Å². The third-order valence-corrected chi connectivity index (χ3v) is 5.12. The molecule has 108 valence electrons. The quantitative estimate of drug-likeness (QED) is 0.800. The summed E-state index contributed by atoms with van der Waals surface area (Å²) in [6.07, 6.45) is 0.963. The number of likely N-dealkylation sites (N-methyl/N-ethyl adjacent to an activating group) is 1. The first-order chi connectivity index (χ1) is 9.56. The number of halogens is 1. The number of aromatic nitrogens is 2. The number of nitrogens with one attached hydrogen (secondary N) is 1. The molecule has 4 heteroatoms. The van der Waals surface area contributed by atoms with Gasteiger partial charge in [0.15, 0.2) is 0 Å². The van der Waals surface area contributed by atoms with Gasteiger partial charge in [0.1, 0.15) is 0 Å². The molecule has 0 radical (unpaired) electrons. The van der Waals surface area contributed by atoms with Crippen molar-refractivity contribution in [1.29, 1.82) is 0 Å². The largest absolute Gasteiger partial charge is 0.313 e. The van der Waals surface area contributed by atoms with Crippen molar-refractivity contribution in [3.63, 3.8) is 0 Å². The van der Waals surface area contributed by atoms with Crippen molar-refractivity contribution in [2.45, 2.75) is 39.8 Å². The Balaban J connectivity index is 2.31. The molecule has 2 rings (SSSR count). The summed E-state index contributed by atoms with van der Waals surface area (Å²) in [6, 6.07) is 9.03. The standard InChI is InChI=1S/C16H22IN3/c1-5-20-13(9-12(3)19-20)10-15(18-4)14-8-6-7-11(2)16(14)17/h6-9,15,18H,5,10H2,1-4H3. The molecule has 1 unspecified atom stereocenters. The Morgan fingerprint density at radius 2 is 2.10 bits per heavy atom. The van der Waals surface area contributed by atoms with Crippen LogP contribution in [0.15, 0.2) is 24.3 Å². The Hall–Kier alpha value is -0.880. The molecule has 0 saturated carbocycles.